The van der Waals surface area contributed by atoms with Crippen molar-refractivity contribution in [2.75, 3.05) is 5.32 Å². The third-order valence-corrected chi connectivity index (χ3v) is 2.59. The average Bonchev–Trinajstić information content (AvgIpc) is 2.25. The van der Waals surface area contributed by atoms with Crippen LogP contribution in [0.25, 0.3) is 10.8 Å². The van der Waals surface area contributed by atoms with Gasteiger partial charge in [-0.2, -0.15) is 0 Å². The second-order valence-electron chi connectivity index (χ2n) is 3.48. The number of rotatable bonds is 1. The van der Waals surface area contributed by atoms with Gasteiger partial charge < -0.3 is 10.4 Å². The van der Waals surface area contributed by atoms with E-state index in [1.165, 1.54) is 6.92 Å². The smallest absolute Gasteiger partial charge is 0.221 e. The van der Waals surface area contributed by atoms with Crippen LogP contribution >= 0.6 is 11.6 Å². The molecule has 0 fully saturated rings. The van der Waals surface area contributed by atoms with Gasteiger partial charge in [0.1, 0.15) is 5.75 Å². The van der Waals surface area contributed by atoms with Crippen molar-refractivity contribution in [3.05, 3.63) is 35.4 Å². The van der Waals surface area contributed by atoms with Crippen molar-refractivity contribution in [1.82, 2.24) is 0 Å². The lowest BCUT2D eigenvalue weighted by Gasteiger charge is -2.09. The Morgan fingerprint density at radius 3 is 2.56 bits per heavy atom. The second kappa shape index (κ2) is 4.02. The van der Waals surface area contributed by atoms with Gasteiger partial charge in [-0.1, -0.05) is 35.9 Å². The fourth-order valence-corrected chi connectivity index (χ4v) is 1.87. The van der Waals surface area contributed by atoms with Gasteiger partial charge >= 0.3 is 0 Å². The fraction of sp³-hybridized carbons (Fsp3) is 0.0833. The van der Waals surface area contributed by atoms with Gasteiger partial charge in [0, 0.05) is 17.7 Å². The highest BCUT2D eigenvalue weighted by atomic mass is 35.5. The molecule has 0 aliphatic carbocycles. The molecule has 16 heavy (non-hydrogen) atoms. The van der Waals surface area contributed by atoms with E-state index in [1.54, 1.807) is 18.2 Å². The second-order valence-corrected chi connectivity index (χ2v) is 3.89. The predicted octanol–water partition coefficient (Wildman–Crippen LogP) is 3.16. The molecule has 0 bridgehead atoms. The first-order valence-electron chi connectivity index (χ1n) is 4.77. The third kappa shape index (κ3) is 1.82. The van der Waals surface area contributed by atoms with Crippen molar-refractivity contribution in [3.8, 4) is 5.75 Å². The number of anilines is 1. The zero-order valence-corrected chi connectivity index (χ0v) is 9.38. The number of aromatic hydroxyl groups is 1. The molecule has 2 aromatic rings. The highest BCUT2D eigenvalue weighted by Gasteiger charge is 2.10. The number of amides is 1. The van der Waals surface area contributed by atoms with Gasteiger partial charge in [0.2, 0.25) is 5.91 Å². The Kier molecular flexibility index (Phi) is 2.71. The van der Waals surface area contributed by atoms with Crippen LogP contribution in [0.4, 0.5) is 5.69 Å². The number of fused-ring (bicyclic) bond motifs is 1. The van der Waals surface area contributed by atoms with Crippen LogP contribution in [-0.2, 0) is 4.79 Å². The van der Waals surface area contributed by atoms with Crippen LogP contribution in [0, 0.1) is 0 Å². The summed E-state index contributed by atoms with van der Waals surface area (Å²) in [7, 11) is 0. The summed E-state index contributed by atoms with van der Waals surface area (Å²) in [5.41, 5.74) is 0.330. The van der Waals surface area contributed by atoms with Crippen molar-refractivity contribution >= 4 is 34.0 Å². The van der Waals surface area contributed by atoms with E-state index in [4.69, 9.17) is 11.6 Å². The number of phenols is 1. The molecule has 0 aromatic heterocycles. The van der Waals surface area contributed by atoms with Gasteiger partial charge in [0.05, 0.1) is 10.7 Å². The van der Waals surface area contributed by atoms with Crippen LogP contribution < -0.4 is 5.32 Å². The van der Waals surface area contributed by atoms with Crippen LogP contribution in [-0.4, -0.2) is 11.0 Å². The monoisotopic (exact) mass is 235 g/mol. The molecule has 0 atom stereocenters. The number of hydrogen-bond acceptors (Lipinski definition) is 2. The molecule has 82 valence electrons. The predicted molar refractivity (Wildman–Crippen MR) is 64.9 cm³/mol. The molecule has 0 radical (unpaired) electrons. The van der Waals surface area contributed by atoms with Crippen molar-refractivity contribution in [2.24, 2.45) is 0 Å². The lowest BCUT2D eigenvalue weighted by atomic mass is 10.1. The number of halogens is 1. The minimum atomic E-state index is -0.248. The first kappa shape index (κ1) is 10.8. The molecule has 2 rings (SSSR count). The van der Waals surface area contributed by atoms with E-state index in [2.05, 4.69) is 5.32 Å². The molecule has 2 aromatic carbocycles. The zero-order valence-electron chi connectivity index (χ0n) is 8.62. The Labute approximate surface area is 97.7 Å². The Balaban J connectivity index is 2.70. The van der Waals surface area contributed by atoms with Crippen LogP contribution in [0.3, 0.4) is 0 Å². The molecule has 0 saturated heterocycles. The Bertz CT molecular complexity index is 566. The summed E-state index contributed by atoms with van der Waals surface area (Å²) in [6.07, 6.45) is 0. The molecular formula is C12H10ClNO2. The van der Waals surface area contributed by atoms with Crippen molar-refractivity contribution in [1.29, 1.82) is 0 Å². The molecule has 3 nitrogen and oxygen atoms in total. The van der Waals surface area contributed by atoms with E-state index in [1.807, 2.05) is 12.1 Å². The number of benzene rings is 2. The van der Waals surface area contributed by atoms with Crippen molar-refractivity contribution < 1.29 is 9.90 Å². The first-order chi connectivity index (χ1) is 7.59. The number of carbonyl (C=O) groups excluding carboxylic acids is 1. The van der Waals surface area contributed by atoms with Gasteiger partial charge in [-0.05, 0) is 6.07 Å². The van der Waals surface area contributed by atoms with E-state index >= 15 is 0 Å². The maximum atomic E-state index is 10.9. The van der Waals surface area contributed by atoms with Gasteiger partial charge in [-0.25, -0.2) is 0 Å². The molecule has 1 amide bonds. The summed E-state index contributed by atoms with van der Waals surface area (Å²) < 4.78 is 0. The van der Waals surface area contributed by atoms with E-state index in [0.29, 0.717) is 16.1 Å². The van der Waals surface area contributed by atoms with E-state index in [-0.39, 0.29) is 11.7 Å². The number of nitrogens with one attached hydrogen (secondary N) is 1. The maximum Gasteiger partial charge on any atom is 0.221 e. The summed E-state index contributed by atoms with van der Waals surface area (Å²) in [6, 6.07) is 8.75. The quantitative estimate of drug-likeness (QED) is 0.746. The van der Waals surface area contributed by atoms with Crippen molar-refractivity contribution in [2.45, 2.75) is 6.92 Å². The lowest BCUT2D eigenvalue weighted by Crippen LogP contribution is -2.05. The van der Waals surface area contributed by atoms with E-state index in [9.17, 15) is 9.90 Å². The molecule has 0 aliphatic rings. The van der Waals surface area contributed by atoms with Crippen LogP contribution in [0.15, 0.2) is 30.3 Å². The van der Waals surface area contributed by atoms with Crippen LogP contribution in [0.5, 0.6) is 5.75 Å². The average molecular weight is 236 g/mol. The Morgan fingerprint density at radius 2 is 1.94 bits per heavy atom. The largest absolute Gasteiger partial charge is 0.505 e. The molecular weight excluding hydrogens is 226 g/mol. The zero-order chi connectivity index (χ0) is 11.7. The fourth-order valence-electron chi connectivity index (χ4n) is 1.60. The minimum Gasteiger partial charge on any atom is -0.505 e. The number of phenolic OH excluding ortho intramolecular Hbond substituents is 1. The standard InChI is InChI=1S/C12H10ClNO2/c1-7(15)14-11-6-10(13)8-4-2-3-5-9(8)12(11)16/h2-6,16H,1H3,(H,14,15). The van der Waals surface area contributed by atoms with Crippen LogP contribution in [0.1, 0.15) is 6.92 Å². The van der Waals surface area contributed by atoms with Gasteiger partial charge in [0.15, 0.2) is 0 Å². The van der Waals surface area contributed by atoms with Crippen molar-refractivity contribution in [3.63, 3.8) is 0 Å². The topological polar surface area (TPSA) is 49.3 Å². The Hall–Kier alpha value is -1.74. The number of carbonyl (C=O) groups is 1. The maximum absolute atomic E-state index is 10.9. The molecule has 0 aliphatic heterocycles. The van der Waals surface area contributed by atoms with Crippen LogP contribution in [0.2, 0.25) is 5.02 Å². The molecule has 0 unspecified atom stereocenters. The van der Waals surface area contributed by atoms with Gasteiger partial charge in [-0.3, -0.25) is 4.79 Å². The SMILES string of the molecule is CC(=O)Nc1cc(Cl)c2ccccc2c1O. The molecule has 4 heteroatoms. The summed E-state index contributed by atoms with van der Waals surface area (Å²) >= 11 is 6.06. The number of hydrogen-bond donors (Lipinski definition) is 2. The summed E-state index contributed by atoms with van der Waals surface area (Å²) in [5, 5.41) is 14.4. The first-order valence-corrected chi connectivity index (χ1v) is 5.15. The molecule has 2 N–H and O–H groups in total. The van der Waals surface area contributed by atoms with E-state index in [0.717, 1.165) is 5.39 Å². The third-order valence-electron chi connectivity index (χ3n) is 2.28. The highest BCUT2D eigenvalue weighted by Crippen LogP contribution is 2.37. The lowest BCUT2D eigenvalue weighted by molar-refractivity contribution is -0.114. The summed E-state index contributed by atoms with van der Waals surface area (Å²) in [5.74, 6) is -0.211. The molecule has 0 spiro atoms. The van der Waals surface area contributed by atoms with E-state index < -0.39 is 0 Å². The summed E-state index contributed by atoms with van der Waals surface area (Å²) in [6.45, 7) is 1.38. The normalized spacial score (nSPS) is 10.4. The molecule has 0 saturated carbocycles. The summed E-state index contributed by atoms with van der Waals surface area (Å²) in [4.78, 5) is 10.9. The van der Waals surface area contributed by atoms with Gasteiger partial charge in [-0.15, -0.1) is 0 Å². The Morgan fingerprint density at radius 1 is 1.31 bits per heavy atom. The minimum absolute atomic E-state index is 0.0372. The van der Waals surface area contributed by atoms with Gasteiger partial charge in [0.25, 0.3) is 0 Å². The highest BCUT2D eigenvalue weighted by molar-refractivity contribution is 6.36. The molecule has 0 heterocycles.